The summed E-state index contributed by atoms with van der Waals surface area (Å²) in [6.07, 6.45) is -6.82. The highest BCUT2D eigenvalue weighted by Gasteiger charge is 2.59. The van der Waals surface area contributed by atoms with Crippen LogP contribution in [0.5, 0.6) is 5.75 Å². The third-order valence-corrected chi connectivity index (χ3v) is 6.61. The Morgan fingerprint density at radius 1 is 0.829 bits per heavy atom. The lowest BCUT2D eigenvalue weighted by Gasteiger charge is -2.28. The number of hydrogen-bond donors (Lipinski definition) is 0. The Morgan fingerprint density at radius 3 is 1.83 bits per heavy atom. The van der Waals surface area contributed by atoms with Crippen LogP contribution in [0.1, 0.15) is 57.4 Å². The van der Waals surface area contributed by atoms with Gasteiger partial charge in [0.05, 0.1) is 0 Å². The van der Waals surface area contributed by atoms with Gasteiger partial charge in [0.25, 0.3) is 6.17 Å². The van der Waals surface area contributed by atoms with Gasteiger partial charge in [0, 0.05) is 0 Å². The minimum atomic E-state index is -5.97. The van der Waals surface area contributed by atoms with Crippen LogP contribution in [0, 0.1) is 23.5 Å². The first kappa shape index (κ1) is 27.3. The zero-order valence-electron chi connectivity index (χ0n) is 19.3. The Kier molecular flexibility index (Phi) is 8.70. The van der Waals surface area contributed by atoms with Crippen molar-refractivity contribution in [1.29, 1.82) is 0 Å². The molecule has 1 atom stereocenters. The van der Waals surface area contributed by atoms with Crippen LogP contribution >= 0.6 is 0 Å². The molecule has 1 unspecified atom stereocenters. The van der Waals surface area contributed by atoms with E-state index in [0.29, 0.717) is 23.6 Å². The quantitative estimate of drug-likeness (QED) is 0.307. The van der Waals surface area contributed by atoms with Gasteiger partial charge >= 0.3 is 12.3 Å². The first-order valence-corrected chi connectivity index (χ1v) is 11.8. The molecule has 35 heavy (non-hydrogen) atoms. The standard InChI is InChI=1S/C26H28F8O/c1-2-3-16-4-6-17(7-5-16)8-9-18-10-12-19(13-11-18)20-14-21(27)23(22(28)15-20)35-26(33,34)24(29)25(30,31)32/h10-17,24H,2-9H2,1H3. The molecule has 0 spiro atoms. The molecule has 2 aromatic carbocycles. The van der Waals surface area contributed by atoms with Crippen molar-refractivity contribution in [3.63, 3.8) is 0 Å². The molecular weight excluding hydrogens is 480 g/mol. The van der Waals surface area contributed by atoms with E-state index < -0.39 is 35.8 Å². The summed E-state index contributed by atoms with van der Waals surface area (Å²) in [5.41, 5.74) is 1.40. The van der Waals surface area contributed by atoms with E-state index in [0.717, 1.165) is 24.3 Å². The zero-order chi connectivity index (χ0) is 25.8. The van der Waals surface area contributed by atoms with E-state index in [-0.39, 0.29) is 5.56 Å². The zero-order valence-corrected chi connectivity index (χ0v) is 19.3. The summed E-state index contributed by atoms with van der Waals surface area (Å²) in [5, 5.41) is 0. The maximum absolute atomic E-state index is 14.3. The number of aryl methyl sites for hydroxylation is 1. The van der Waals surface area contributed by atoms with Crippen LogP contribution in [-0.2, 0) is 6.42 Å². The minimum Gasteiger partial charge on any atom is -0.424 e. The van der Waals surface area contributed by atoms with Gasteiger partial charge in [-0.2, -0.15) is 22.0 Å². The smallest absolute Gasteiger partial charge is 0.424 e. The molecule has 1 aliphatic carbocycles. The largest absolute Gasteiger partial charge is 0.439 e. The summed E-state index contributed by atoms with van der Waals surface area (Å²) < 4.78 is 109. The van der Waals surface area contributed by atoms with Gasteiger partial charge in [0.1, 0.15) is 0 Å². The number of ether oxygens (including phenoxy) is 1. The van der Waals surface area contributed by atoms with Gasteiger partial charge < -0.3 is 4.74 Å². The maximum Gasteiger partial charge on any atom is 0.439 e. The van der Waals surface area contributed by atoms with Crippen LogP contribution in [0.3, 0.4) is 0 Å². The van der Waals surface area contributed by atoms with Crippen molar-refractivity contribution in [1.82, 2.24) is 0 Å². The summed E-state index contributed by atoms with van der Waals surface area (Å²) >= 11 is 0. The van der Waals surface area contributed by atoms with Crippen LogP contribution in [-0.4, -0.2) is 18.5 Å². The second-order valence-electron chi connectivity index (χ2n) is 9.25. The molecule has 0 radical (unpaired) electrons. The van der Waals surface area contributed by atoms with E-state index >= 15 is 0 Å². The highest BCUT2D eigenvalue weighted by atomic mass is 19.4. The number of halogens is 8. The van der Waals surface area contributed by atoms with Crippen molar-refractivity contribution in [2.75, 3.05) is 0 Å². The van der Waals surface area contributed by atoms with Gasteiger partial charge in [0.15, 0.2) is 17.4 Å². The fourth-order valence-electron chi connectivity index (χ4n) is 4.65. The Labute approximate surface area is 199 Å². The van der Waals surface area contributed by atoms with Crippen LogP contribution in [0.4, 0.5) is 35.1 Å². The monoisotopic (exact) mass is 508 g/mol. The van der Waals surface area contributed by atoms with Crippen molar-refractivity contribution in [2.24, 2.45) is 11.8 Å². The highest BCUT2D eigenvalue weighted by molar-refractivity contribution is 5.65. The average Bonchev–Trinajstić information content (AvgIpc) is 2.80. The highest BCUT2D eigenvalue weighted by Crippen LogP contribution is 2.39. The van der Waals surface area contributed by atoms with Crippen LogP contribution in [0.25, 0.3) is 11.1 Å². The molecule has 3 rings (SSSR count). The molecule has 194 valence electrons. The third kappa shape index (κ3) is 7.10. The maximum atomic E-state index is 14.3. The second-order valence-corrected chi connectivity index (χ2v) is 9.25. The molecule has 0 saturated heterocycles. The molecule has 1 fully saturated rings. The number of hydrogen-bond acceptors (Lipinski definition) is 1. The first-order valence-electron chi connectivity index (χ1n) is 11.8. The second kappa shape index (κ2) is 11.2. The van der Waals surface area contributed by atoms with Crippen LogP contribution in [0.15, 0.2) is 36.4 Å². The predicted octanol–water partition coefficient (Wildman–Crippen LogP) is 9.04. The lowest BCUT2D eigenvalue weighted by Crippen LogP contribution is -2.46. The lowest BCUT2D eigenvalue weighted by molar-refractivity contribution is -0.306. The van der Waals surface area contributed by atoms with Gasteiger partial charge in [-0.05, 0) is 53.5 Å². The third-order valence-electron chi connectivity index (χ3n) is 6.61. The van der Waals surface area contributed by atoms with E-state index in [2.05, 4.69) is 11.7 Å². The topological polar surface area (TPSA) is 9.23 Å². The van der Waals surface area contributed by atoms with Gasteiger partial charge in [-0.15, -0.1) is 0 Å². The molecule has 0 heterocycles. The summed E-state index contributed by atoms with van der Waals surface area (Å²) in [4.78, 5) is 0. The molecule has 0 aromatic heterocycles. The molecule has 1 aliphatic rings. The van der Waals surface area contributed by atoms with Crippen molar-refractivity contribution in [2.45, 2.75) is 76.7 Å². The molecule has 0 N–H and O–H groups in total. The molecule has 0 bridgehead atoms. The van der Waals surface area contributed by atoms with Crippen molar-refractivity contribution >= 4 is 0 Å². The number of alkyl halides is 6. The van der Waals surface area contributed by atoms with Gasteiger partial charge in [0.2, 0.25) is 0 Å². The Hall–Kier alpha value is -2.32. The molecule has 0 amide bonds. The molecule has 2 aromatic rings. The van der Waals surface area contributed by atoms with Gasteiger partial charge in [-0.25, -0.2) is 13.2 Å². The minimum absolute atomic E-state index is 0.0240. The number of rotatable bonds is 9. The fraction of sp³-hybridized carbons (Fsp3) is 0.538. The summed E-state index contributed by atoms with van der Waals surface area (Å²) in [6, 6.07) is 8.17. The summed E-state index contributed by atoms with van der Waals surface area (Å²) in [6.45, 7) is 2.21. The molecule has 9 heteroatoms. The van der Waals surface area contributed by atoms with Crippen molar-refractivity contribution in [3.8, 4) is 16.9 Å². The number of benzene rings is 2. The first-order chi connectivity index (χ1) is 16.4. The lowest BCUT2D eigenvalue weighted by atomic mass is 9.78. The molecule has 1 nitrogen and oxygen atoms in total. The van der Waals surface area contributed by atoms with Crippen molar-refractivity contribution < 1.29 is 39.9 Å². The molecule has 0 aliphatic heterocycles. The van der Waals surface area contributed by atoms with Gasteiger partial charge in [-0.1, -0.05) is 69.7 Å². The molecular formula is C26H28F8O. The van der Waals surface area contributed by atoms with E-state index in [1.54, 1.807) is 12.1 Å². The Morgan fingerprint density at radius 2 is 1.34 bits per heavy atom. The Bertz CT molecular complexity index is 939. The normalized spacial score (nSPS) is 20.0. The van der Waals surface area contributed by atoms with E-state index in [9.17, 15) is 35.1 Å². The summed E-state index contributed by atoms with van der Waals surface area (Å²) in [5.74, 6) is -3.61. The summed E-state index contributed by atoms with van der Waals surface area (Å²) in [7, 11) is 0. The van der Waals surface area contributed by atoms with Gasteiger partial charge in [-0.3, -0.25) is 0 Å². The average molecular weight is 508 g/mol. The van der Waals surface area contributed by atoms with Crippen LogP contribution < -0.4 is 4.74 Å². The predicted molar refractivity (Wildman–Crippen MR) is 117 cm³/mol. The van der Waals surface area contributed by atoms with E-state index in [4.69, 9.17) is 0 Å². The fourth-order valence-corrected chi connectivity index (χ4v) is 4.65. The Balaban J connectivity index is 1.63. The van der Waals surface area contributed by atoms with Crippen LogP contribution in [0.2, 0.25) is 0 Å². The SMILES string of the molecule is CCCC1CCC(CCc2ccc(-c3cc(F)c(OC(F)(F)C(F)C(F)(F)F)c(F)c3)cc2)CC1. The van der Waals surface area contributed by atoms with E-state index in [1.807, 2.05) is 12.1 Å². The van der Waals surface area contributed by atoms with E-state index in [1.165, 1.54) is 38.5 Å². The molecule has 1 saturated carbocycles. The van der Waals surface area contributed by atoms with Crippen molar-refractivity contribution in [3.05, 3.63) is 53.6 Å².